The maximum absolute atomic E-state index is 13.4. The molecule has 0 aromatic heterocycles. The average molecular weight is 552 g/mol. The summed E-state index contributed by atoms with van der Waals surface area (Å²) >= 11 is 0. The summed E-state index contributed by atoms with van der Waals surface area (Å²) in [5, 5.41) is 4.38. The fraction of sp³-hybridized carbons (Fsp3) is 0.0938. The van der Waals surface area contributed by atoms with Crippen molar-refractivity contribution in [2.75, 3.05) is 23.3 Å². The van der Waals surface area contributed by atoms with E-state index in [1.54, 1.807) is 42.5 Å². The van der Waals surface area contributed by atoms with Crippen LogP contribution in [0.3, 0.4) is 0 Å². The van der Waals surface area contributed by atoms with Crippen LogP contribution in [0.4, 0.5) is 16.2 Å². The van der Waals surface area contributed by atoms with Crippen molar-refractivity contribution in [1.82, 2.24) is 4.72 Å². The Morgan fingerprint density at radius 2 is 1.40 bits per heavy atom. The molecule has 0 fully saturated rings. The standard InChI is InChI=1S/C32H29N3O4S/c1-24-14-16-26(17-15-24)34-32(36)35(27-18-20-29(21-19-27)39-28-10-3-2-4-11-28)23-22-33-40(37,38)31-13-7-9-25-8-5-6-12-30(25)31/h2-21,33H,22-23H2,1H3,(H,34,36). The zero-order chi connectivity index (χ0) is 28.0. The average Bonchev–Trinajstić information content (AvgIpc) is 2.97. The number of hydrogen-bond donors (Lipinski definition) is 2. The van der Waals surface area contributed by atoms with Gasteiger partial charge in [0.25, 0.3) is 0 Å². The van der Waals surface area contributed by atoms with Gasteiger partial charge in [-0.3, -0.25) is 4.90 Å². The molecule has 0 atom stereocenters. The van der Waals surface area contributed by atoms with E-state index in [1.165, 1.54) is 4.90 Å². The molecule has 0 bridgehead atoms. The van der Waals surface area contributed by atoms with E-state index in [0.29, 0.717) is 28.3 Å². The zero-order valence-electron chi connectivity index (χ0n) is 21.9. The highest BCUT2D eigenvalue weighted by molar-refractivity contribution is 7.89. The maximum atomic E-state index is 13.4. The number of ether oxygens (including phenoxy) is 1. The van der Waals surface area contributed by atoms with Gasteiger partial charge in [0.1, 0.15) is 11.5 Å². The second-order valence-corrected chi connectivity index (χ2v) is 11.0. The number of rotatable bonds is 9. The van der Waals surface area contributed by atoms with Crippen LogP contribution in [0.2, 0.25) is 0 Å². The third-order valence-electron chi connectivity index (χ3n) is 6.34. The number of para-hydroxylation sites is 1. The number of amides is 2. The summed E-state index contributed by atoms with van der Waals surface area (Å²) in [5.41, 5.74) is 2.31. The van der Waals surface area contributed by atoms with Gasteiger partial charge in [-0.15, -0.1) is 0 Å². The van der Waals surface area contributed by atoms with Crippen molar-refractivity contribution in [3.8, 4) is 11.5 Å². The van der Waals surface area contributed by atoms with Crippen molar-refractivity contribution < 1.29 is 17.9 Å². The van der Waals surface area contributed by atoms with Crippen LogP contribution in [0.15, 0.2) is 126 Å². The molecule has 202 valence electrons. The van der Waals surface area contributed by atoms with Gasteiger partial charge < -0.3 is 10.1 Å². The summed E-state index contributed by atoms with van der Waals surface area (Å²) in [4.78, 5) is 15.1. The van der Waals surface area contributed by atoms with Crippen LogP contribution in [-0.2, 0) is 10.0 Å². The Morgan fingerprint density at radius 3 is 2.15 bits per heavy atom. The van der Waals surface area contributed by atoms with Gasteiger partial charge in [0.15, 0.2) is 0 Å². The van der Waals surface area contributed by atoms with E-state index in [4.69, 9.17) is 4.74 Å². The molecule has 5 rings (SSSR count). The molecule has 0 unspecified atom stereocenters. The number of aryl methyl sites for hydroxylation is 1. The first-order valence-corrected chi connectivity index (χ1v) is 14.3. The lowest BCUT2D eigenvalue weighted by Gasteiger charge is -2.24. The topological polar surface area (TPSA) is 87.7 Å². The number of hydrogen-bond acceptors (Lipinski definition) is 4. The van der Waals surface area contributed by atoms with E-state index < -0.39 is 10.0 Å². The number of carbonyl (C=O) groups excluding carboxylic acids is 1. The quantitative estimate of drug-likeness (QED) is 0.207. The van der Waals surface area contributed by atoms with Gasteiger partial charge in [0.2, 0.25) is 10.0 Å². The fourth-order valence-electron chi connectivity index (χ4n) is 4.29. The van der Waals surface area contributed by atoms with Crippen LogP contribution >= 0.6 is 0 Å². The molecule has 2 amide bonds. The third kappa shape index (κ3) is 6.48. The molecule has 2 N–H and O–H groups in total. The van der Waals surface area contributed by atoms with Gasteiger partial charge in [-0.2, -0.15) is 0 Å². The Bertz CT molecular complexity index is 1700. The minimum absolute atomic E-state index is 0.00907. The number of benzene rings is 5. The summed E-state index contributed by atoms with van der Waals surface area (Å²) < 4.78 is 35.0. The maximum Gasteiger partial charge on any atom is 0.326 e. The van der Waals surface area contributed by atoms with Crippen molar-refractivity contribution in [1.29, 1.82) is 0 Å². The van der Waals surface area contributed by atoms with Gasteiger partial charge in [-0.25, -0.2) is 17.9 Å². The molecule has 8 heteroatoms. The summed E-state index contributed by atoms with van der Waals surface area (Å²) in [6.45, 7) is 2.08. The first-order chi connectivity index (χ1) is 19.4. The predicted molar refractivity (Wildman–Crippen MR) is 160 cm³/mol. The highest BCUT2D eigenvalue weighted by Crippen LogP contribution is 2.26. The first kappa shape index (κ1) is 26.9. The van der Waals surface area contributed by atoms with Crippen LogP contribution in [0.1, 0.15) is 5.56 Å². The van der Waals surface area contributed by atoms with Crippen LogP contribution in [0, 0.1) is 6.92 Å². The summed E-state index contributed by atoms with van der Waals surface area (Å²) in [7, 11) is -3.82. The second kappa shape index (κ2) is 12.0. The SMILES string of the molecule is Cc1ccc(NC(=O)N(CCNS(=O)(=O)c2cccc3ccccc23)c2ccc(Oc3ccccc3)cc2)cc1. The van der Waals surface area contributed by atoms with Crippen molar-refractivity contribution in [3.05, 3.63) is 127 Å². The first-order valence-electron chi connectivity index (χ1n) is 12.8. The number of sulfonamides is 1. The number of fused-ring (bicyclic) bond motifs is 1. The highest BCUT2D eigenvalue weighted by Gasteiger charge is 2.20. The van der Waals surface area contributed by atoms with Gasteiger partial charge >= 0.3 is 6.03 Å². The Balaban J connectivity index is 1.34. The number of nitrogens with one attached hydrogen (secondary N) is 2. The predicted octanol–water partition coefficient (Wildman–Crippen LogP) is 6.96. The van der Waals surface area contributed by atoms with Crippen molar-refractivity contribution in [2.24, 2.45) is 0 Å². The number of anilines is 2. The second-order valence-electron chi connectivity index (χ2n) is 9.23. The Labute approximate surface area is 234 Å². The molecule has 0 aliphatic carbocycles. The monoisotopic (exact) mass is 551 g/mol. The van der Waals surface area contributed by atoms with E-state index in [1.807, 2.05) is 85.8 Å². The van der Waals surface area contributed by atoms with Crippen LogP contribution in [0.25, 0.3) is 10.8 Å². The highest BCUT2D eigenvalue weighted by atomic mass is 32.2. The fourth-order valence-corrected chi connectivity index (χ4v) is 5.54. The minimum atomic E-state index is -3.82. The van der Waals surface area contributed by atoms with Gasteiger partial charge in [0, 0.05) is 29.9 Å². The van der Waals surface area contributed by atoms with E-state index in [-0.39, 0.29) is 24.0 Å². The molecular formula is C32H29N3O4S. The molecule has 7 nitrogen and oxygen atoms in total. The van der Waals surface area contributed by atoms with Crippen LogP contribution in [-0.4, -0.2) is 27.5 Å². The number of nitrogens with zero attached hydrogens (tertiary/aromatic N) is 1. The molecule has 5 aromatic rings. The van der Waals surface area contributed by atoms with Crippen LogP contribution in [0.5, 0.6) is 11.5 Å². The van der Waals surface area contributed by atoms with E-state index >= 15 is 0 Å². The number of urea groups is 1. The summed E-state index contributed by atoms with van der Waals surface area (Å²) in [6.07, 6.45) is 0. The largest absolute Gasteiger partial charge is 0.457 e. The van der Waals surface area contributed by atoms with E-state index in [0.717, 1.165) is 10.9 Å². The molecule has 0 aliphatic heterocycles. The molecule has 40 heavy (non-hydrogen) atoms. The zero-order valence-corrected chi connectivity index (χ0v) is 22.8. The van der Waals surface area contributed by atoms with Gasteiger partial charge in [0.05, 0.1) is 4.90 Å². The lowest BCUT2D eigenvalue weighted by atomic mass is 10.1. The molecule has 0 saturated heterocycles. The Morgan fingerprint density at radius 1 is 0.750 bits per heavy atom. The number of carbonyl (C=O) groups is 1. The van der Waals surface area contributed by atoms with Crippen molar-refractivity contribution in [2.45, 2.75) is 11.8 Å². The van der Waals surface area contributed by atoms with Crippen LogP contribution < -0.4 is 19.7 Å². The minimum Gasteiger partial charge on any atom is -0.457 e. The van der Waals surface area contributed by atoms with Gasteiger partial charge in [-0.05, 0) is 66.9 Å². The summed E-state index contributed by atoms with van der Waals surface area (Å²) in [6, 6.07) is 36.1. The molecule has 0 radical (unpaired) electrons. The molecular weight excluding hydrogens is 522 g/mol. The lowest BCUT2D eigenvalue weighted by molar-refractivity contribution is 0.257. The van der Waals surface area contributed by atoms with Crippen molar-refractivity contribution in [3.63, 3.8) is 0 Å². The molecule has 0 spiro atoms. The molecule has 0 heterocycles. The third-order valence-corrected chi connectivity index (χ3v) is 7.86. The van der Waals surface area contributed by atoms with Gasteiger partial charge in [-0.1, -0.05) is 72.3 Å². The molecule has 0 aliphatic rings. The van der Waals surface area contributed by atoms with E-state index in [2.05, 4.69) is 10.0 Å². The Hall–Kier alpha value is -4.66. The molecule has 5 aromatic carbocycles. The smallest absolute Gasteiger partial charge is 0.326 e. The Kier molecular flexibility index (Phi) is 8.10. The van der Waals surface area contributed by atoms with Crippen molar-refractivity contribution >= 4 is 38.2 Å². The van der Waals surface area contributed by atoms with E-state index in [9.17, 15) is 13.2 Å². The lowest BCUT2D eigenvalue weighted by Crippen LogP contribution is -2.41. The molecule has 0 saturated carbocycles. The summed E-state index contributed by atoms with van der Waals surface area (Å²) in [5.74, 6) is 1.32. The normalized spacial score (nSPS) is 11.2.